The molecule has 16 heavy (non-hydrogen) atoms. The van der Waals surface area contributed by atoms with Crippen molar-refractivity contribution in [2.45, 2.75) is 25.7 Å². The predicted molar refractivity (Wildman–Crippen MR) is 64.0 cm³/mol. The number of hydrogen-bond acceptors (Lipinski definition) is 3. The molecular weight excluding hydrogens is 224 g/mol. The summed E-state index contributed by atoms with van der Waals surface area (Å²) in [5, 5.41) is 0. The normalized spacial score (nSPS) is 26.8. The lowest BCUT2D eigenvalue weighted by Crippen LogP contribution is -2.33. The van der Waals surface area contributed by atoms with Crippen LogP contribution in [0, 0.1) is 11.3 Å². The molecule has 1 aliphatic heterocycles. The van der Waals surface area contributed by atoms with E-state index in [1.54, 1.807) is 4.90 Å². The lowest BCUT2D eigenvalue weighted by atomic mass is 10.0. The summed E-state index contributed by atoms with van der Waals surface area (Å²) in [6, 6.07) is 0. The Kier molecular flexibility index (Phi) is 3.15. The number of nitrogens with two attached hydrogens (primary N) is 1. The van der Waals surface area contributed by atoms with E-state index in [1.165, 1.54) is 0 Å². The standard InChI is InChI=1S/C11H18N2O2S/c12-10(15)8-1-4-13(6-8)9(14)5-11(7-16)2-3-11/h8,16H,1-7H2,(H2,12,15). The quantitative estimate of drug-likeness (QED) is 0.702. The maximum Gasteiger partial charge on any atom is 0.223 e. The van der Waals surface area contributed by atoms with Gasteiger partial charge in [-0.05, 0) is 30.4 Å². The fourth-order valence-corrected chi connectivity index (χ4v) is 2.65. The van der Waals surface area contributed by atoms with Crippen LogP contribution in [0.3, 0.4) is 0 Å². The molecule has 2 fully saturated rings. The van der Waals surface area contributed by atoms with E-state index in [9.17, 15) is 9.59 Å². The van der Waals surface area contributed by atoms with Gasteiger partial charge in [0.25, 0.3) is 0 Å². The molecule has 0 aromatic heterocycles. The van der Waals surface area contributed by atoms with Gasteiger partial charge in [-0.1, -0.05) is 0 Å². The Morgan fingerprint density at radius 3 is 2.56 bits per heavy atom. The van der Waals surface area contributed by atoms with Gasteiger partial charge in [0.2, 0.25) is 11.8 Å². The minimum atomic E-state index is -0.286. The van der Waals surface area contributed by atoms with E-state index in [0.29, 0.717) is 19.5 Å². The van der Waals surface area contributed by atoms with Gasteiger partial charge in [0, 0.05) is 19.5 Å². The first-order chi connectivity index (χ1) is 7.56. The Hall–Kier alpha value is -0.710. The van der Waals surface area contributed by atoms with Crippen LogP contribution in [0.4, 0.5) is 0 Å². The van der Waals surface area contributed by atoms with Gasteiger partial charge in [0.1, 0.15) is 0 Å². The number of likely N-dealkylation sites (tertiary alicyclic amines) is 1. The first-order valence-electron chi connectivity index (χ1n) is 5.74. The number of primary amides is 1. The predicted octanol–water partition coefficient (Wildman–Crippen LogP) is 0.420. The molecular formula is C11H18N2O2S. The minimum absolute atomic E-state index is 0.143. The first-order valence-corrected chi connectivity index (χ1v) is 6.37. The Morgan fingerprint density at radius 2 is 2.12 bits per heavy atom. The summed E-state index contributed by atoms with van der Waals surface area (Å²) in [5.41, 5.74) is 5.39. The van der Waals surface area contributed by atoms with Gasteiger partial charge in [-0.3, -0.25) is 9.59 Å². The summed E-state index contributed by atoms with van der Waals surface area (Å²) in [4.78, 5) is 24.7. The maximum absolute atomic E-state index is 12.0. The molecule has 0 radical (unpaired) electrons. The van der Waals surface area contributed by atoms with Crippen LogP contribution >= 0.6 is 12.6 Å². The molecule has 1 unspecified atom stereocenters. The van der Waals surface area contributed by atoms with Crippen LogP contribution in [0.1, 0.15) is 25.7 Å². The van der Waals surface area contributed by atoms with Crippen LogP contribution < -0.4 is 5.73 Å². The number of thiol groups is 1. The highest BCUT2D eigenvalue weighted by molar-refractivity contribution is 7.80. The highest BCUT2D eigenvalue weighted by Crippen LogP contribution is 2.50. The topological polar surface area (TPSA) is 63.4 Å². The Bertz CT molecular complexity index is 315. The monoisotopic (exact) mass is 242 g/mol. The molecule has 90 valence electrons. The molecule has 0 spiro atoms. The summed E-state index contributed by atoms with van der Waals surface area (Å²) in [7, 11) is 0. The molecule has 1 atom stereocenters. The van der Waals surface area contributed by atoms with E-state index >= 15 is 0 Å². The largest absolute Gasteiger partial charge is 0.369 e. The van der Waals surface area contributed by atoms with Crippen LogP contribution in [-0.2, 0) is 9.59 Å². The van der Waals surface area contributed by atoms with Crippen molar-refractivity contribution in [3.05, 3.63) is 0 Å². The van der Waals surface area contributed by atoms with Crippen molar-refractivity contribution in [1.29, 1.82) is 0 Å². The molecule has 2 aliphatic rings. The van der Waals surface area contributed by atoms with E-state index < -0.39 is 0 Å². The maximum atomic E-state index is 12.0. The molecule has 2 rings (SSSR count). The fraction of sp³-hybridized carbons (Fsp3) is 0.818. The SMILES string of the molecule is NC(=O)C1CCN(C(=O)CC2(CS)CC2)C1. The first kappa shape index (κ1) is 11.8. The molecule has 2 amide bonds. The molecule has 1 saturated heterocycles. The highest BCUT2D eigenvalue weighted by atomic mass is 32.1. The molecule has 0 aromatic rings. The van der Waals surface area contributed by atoms with Gasteiger partial charge in [0.15, 0.2) is 0 Å². The van der Waals surface area contributed by atoms with Crippen LogP contribution in [0.2, 0.25) is 0 Å². The second-order valence-electron chi connectivity index (χ2n) is 5.06. The summed E-state index contributed by atoms with van der Waals surface area (Å²) in [6.07, 6.45) is 3.52. The van der Waals surface area contributed by atoms with Gasteiger partial charge in [-0.15, -0.1) is 0 Å². The molecule has 5 heteroatoms. The molecule has 4 nitrogen and oxygen atoms in total. The van der Waals surface area contributed by atoms with Gasteiger partial charge in [0.05, 0.1) is 5.92 Å². The van der Waals surface area contributed by atoms with Crippen LogP contribution in [-0.4, -0.2) is 35.6 Å². The number of hydrogen-bond donors (Lipinski definition) is 2. The third kappa shape index (κ3) is 2.34. The minimum Gasteiger partial charge on any atom is -0.369 e. The number of amides is 2. The lowest BCUT2D eigenvalue weighted by molar-refractivity contribution is -0.131. The van der Waals surface area contributed by atoms with E-state index in [1.807, 2.05) is 0 Å². The Morgan fingerprint density at radius 1 is 1.44 bits per heavy atom. The van der Waals surface area contributed by atoms with Crippen molar-refractivity contribution in [3.8, 4) is 0 Å². The third-order valence-electron chi connectivity index (χ3n) is 3.76. The van der Waals surface area contributed by atoms with Crippen molar-refractivity contribution in [2.75, 3.05) is 18.8 Å². The summed E-state index contributed by atoms with van der Waals surface area (Å²) >= 11 is 4.29. The van der Waals surface area contributed by atoms with E-state index in [-0.39, 0.29) is 23.1 Å². The van der Waals surface area contributed by atoms with Gasteiger partial charge in [-0.2, -0.15) is 12.6 Å². The number of rotatable bonds is 4. The van der Waals surface area contributed by atoms with Crippen molar-refractivity contribution in [1.82, 2.24) is 4.90 Å². The zero-order chi connectivity index (χ0) is 11.8. The lowest BCUT2D eigenvalue weighted by Gasteiger charge is -2.19. The Balaban J connectivity index is 1.85. The van der Waals surface area contributed by atoms with E-state index in [4.69, 9.17) is 5.73 Å². The fourth-order valence-electron chi connectivity index (χ4n) is 2.22. The molecule has 2 N–H and O–H groups in total. The van der Waals surface area contributed by atoms with Crippen LogP contribution in [0.15, 0.2) is 0 Å². The van der Waals surface area contributed by atoms with E-state index in [0.717, 1.165) is 25.0 Å². The average molecular weight is 242 g/mol. The highest BCUT2D eigenvalue weighted by Gasteiger charge is 2.44. The molecule has 1 aliphatic carbocycles. The smallest absolute Gasteiger partial charge is 0.223 e. The van der Waals surface area contributed by atoms with Crippen molar-refractivity contribution < 1.29 is 9.59 Å². The Labute approximate surface area is 101 Å². The third-order valence-corrected chi connectivity index (χ3v) is 4.43. The van der Waals surface area contributed by atoms with Crippen molar-refractivity contribution in [3.63, 3.8) is 0 Å². The van der Waals surface area contributed by atoms with Gasteiger partial charge >= 0.3 is 0 Å². The zero-order valence-electron chi connectivity index (χ0n) is 9.32. The van der Waals surface area contributed by atoms with Crippen molar-refractivity contribution in [2.24, 2.45) is 17.1 Å². The molecule has 1 heterocycles. The zero-order valence-corrected chi connectivity index (χ0v) is 10.2. The average Bonchev–Trinajstić information content (AvgIpc) is 2.83. The van der Waals surface area contributed by atoms with Gasteiger partial charge < -0.3 is 10.6 Å². The van der Waals surface area contributed by atoms with Crippen LogP contribution in [0.5, 0.6) is 0 Å². The summed E-state index contributed by atoms with van der Waals surface area (Å²) in [5.74, 6) is 0.516. The van der Waals surface area contributed by atoms with E-state index in [2.05, 4.69) is 12.6 Å². The molecule has 1 saturated carbocycles. The second kappa shape index (κ2) is 4.28. The second-order valence-corrected chi connectivity index (χ2v) is 5.38. The van der Waals surface area contributed by atoms with Gasteiger partial charge in [-0.25, -0.2) is 0 Å². The number of nitrogens with zero attached hydrogens (tertiary/aromatic N) is 1. The molecule has 0 aromatic carbocycles. The number of carbonyl (C=O) groups is 2. The number of carbonyl (C=O) groups excluding carboxylic acids is 2. The molecule has 0 bridgehead atoms. The van der Waals surface area contributed by atoms with Crippen LogP contribution in [0.25, 0.3) is 0 Å². The summed E-state index contributed by atoms with van der Waals surface area (Å²) < 4.78 is 0. The summed E-state index contributed by atoms with van der Waals surface area (Å²) in [6.45, 7) is 1.19. The van der Waals surface area contributed by atoms with Crippen molar-refractivity contribution >= 4 is 24.4 Å².